The van der Waals surface area contributed by atoms with Gasteiger partial charge in [0, 0.05) is 24.7 Å². The fourth-order valence-corrected chi connectivity index (χ4v) is 3.71. The zero-order chi connectivity index (χ0) is 21.3. The molecule has 5 N–H and O–H groups in total. The number of likely N-dealkylation sites (N-methyl/N-ethyl adjacent to an activating group) is 1. The van der Waals surface area contributed by atoms with Gasteiger partial charge in [-0.25, -0.2) is 4.98 Å². The molecule has 154 valence electrons. The number of carbonyl (C=O) groups excluding carboxylic acids is 3. The molecule has 0 saturated heterocycles. The number of rotatable bonds is 8. The lowest BCUT2D eigenvalue weighted by Gasteiger charge is -2.09. The Bertz CT molecular complexity index is 1180. The first-order valence-electron chi connectivity index (χ1n) is 9.19. The molecule has 4 rings (SSSR count). The Morgan fingerprint density at radius 2 is 2.13 bits per heavy atom. The van der Waals surface area contributed by atoms with Crippen LogP contribution in [0.15, 0.2) is 30.1 Å². The van der Waals surface area contributed by atoms with Crippen LogP contribution in [0.3, 0.4) is 0 Å². The summed E-state index contributed by atoms with van der Waals surface area (Å²) in [6, 6.07) is 5.72. The normalized spacial score (nSPS) is 13.8. The third-order valence-electron chi connectivity index (χ3n) is 4.53. The number of fused-ring (bicyclic) bond motifs is 1. The van der Waals surface area contributed by atoms with Gasteiger partial charge < -0.3 is 16.4 Å². The van der Waals surface area contributed by atoms with Gasteiger partial charge in [0.2, 0.25) is 6.41 Å². The Labute approximate surface area is 175 Å². The molecule has 3 aromatic heterocycles. The molecular weight excluding hydrogens is 406 g/mol. The topological polar surface area (TPSA) is 144 Å². The highest BCUT2D eigenvalue weighted by molar-refractivity contribution is 7.17. The lowest BCUT2D eigenvalue weighted by atomic mass is 10.2. The highest BCUT2D eigenvalue weighted by Crippen LogP contribution is 2.32. The lowest BCUT2D eigenvalue weighted by Crippen LogP contribution is -2.28. The van der Waals surface area contributed by atoms with Gasteiger partial charge in [-0.3, -0.25) is 19.7 Å². The number of carbonyl (C=O) groups is 3. The summed E-state index contributed by atoms with van der Waals surface area (Å²) in [6.45, 7) is 0. The molecule has 0 radical (unpaired) electrons. The monoisotopic (exact) mass is 425 g/mol. The van der Waals surface area contributed by atoms with E-state index in [1.165, 1.54) is 11.3 Å². The van der Waals surface area contributed by atoms with Gasteiger partial charge in [0.05, 0.1) is 21.6 Å². The van der Waals surface area contributed by atoms with E-state index in [0.29, 0.717) is 34.2 Å². The molecule has 11 heteroatoms. The number of amides is 3. The molecule has 1 fully saturated rings. The summed E-state index contributed by atoms with van der Waals surface area (Å²) in [6.07, 6.45) is 5.65. The average molecular weight is 425 g/mol. The van der Waals surface area contributed by atoms with E-state index in [9.17, 15) is 14.4 Å². The van der Waals surface area contributed by atoms with Crippen LogP contribution in [0.1, 0.15) is 28.1 Å². The largest absolute Gasteiger partial charge is 0.384 e. The number of nitrogens with one attached hydrogen (secondary N) is 3. The van der Waals surface area contributed by atoms with Crippen LogP contribution in [0.2, 0.25) is 0 Å². The number of imide groups is 1. The van der Waals surface area contributed by atoms with Crippen molar-refractivity contribution < 1.29 is 14.4 Å². The molecule has 0 spiro atoms. The van der Waals surface area contributed by atoms with E-state index in [-0.39, 0.29) is 5.70 Å². The van der Waals surface area contributed by atoms with Crippen LogP contribution in [0.4, 0.5) is 5.82 Å². The van der Waals surface area contributed by atoms with E-state index in [1.54, 1.807) is 36.0 Å². The quantitative estimate of drug-likeness (QED) is 0.311. The van der Waals surface area contributed by atoms with Crippen molar-refractivity contribution in [3.63, 3.8) is 0 Å². The van der Waals surface area contributed by atoms with Crippen molar-refractivity contribution in [2.24, 2.45) is 5.73 Å². The van der Waals surface area contributed by atoms with Gasteiger partial charge in [-0.05, 0) is 31.1 Å². The number of primary amides is 1. The molecule has 3 amide bonds. The number of nitrogens with zero attached hydrogens (tertiary/aromatic N) is 3. The Hall–Kier alpha value is -3.73. The van der Waals surface area contributed by atoms with Crippen LogP contribution in [0.5, 0.6) is 0 Å². The standard InChI is InChI=1S/C19H19N7O3S/c1-21-13(19(29)22-9-27)6-10-8-23-26-16(24-11-2-3-11)7-12(25-18(10)26)14-4-5-15(30-14)17(20)28/h4-9,11,21,24H,2-3H2,1H3,(H2,20,28)(H,22,27,29)/b13-6-. The van der Waals surface area contributed by atoms with Crippen LogP contribution >= 0.6 is 11.3 Å². The first-order valence-corrected chi connectivity index (χ1v) is 10.0. The van der Waals surface area contributed by atoms with E-state index in [4.69, 9.17) is 10.7 Å². The van der Waals surface area contributed by atoms with E-state index < -0.39 is 11.8 Å². The first-order chi connectivity index (χ1) is 14.5. The van der Waals surface area contributed by atoms with Gasteiger partial charge in [0.25, 0.3) is 11.8 Å². The van der Waals surface area contributed by atoms with E-state index in [0.717, 1.165) is 23.5 Å². The van der Waals surface area contributed by atoms with Crippen LogP contribution in [0.25, 0.3) is 22.3 Å². The van der Waals surface area contributed by atoms with Gasteiger partial charge >= 0.3 is 0 Å². The average Bonchev–Trinajstić information content (AvgIpc) is 3.24. The molecule has 30 heavy (non-hydrogen) atoms. The molecule has 1 saturated carbocycles. The van der Waals surface area contributed by atoms with Crippen molar-refractivity contribution in [1.82, 2.24) is 25.2 Å². The Balaban J connectivity index is 1.83. The minimum absolute atomic E-state index is 0.188. The second-order valence-corrected chi connectivity index (χ2v) is 7.79. The fraction of sp³-hybridized carbons (Fsp3) is 0.211. The molecule has 3 heterocycles. The molecule has 10 nitrogen and oxygen atoms in total. The number of nitrogens with two attached hydrogens (primary N) is 1. The van der Waals surface area contributed by atoms with Crippen LogP contribution < -0.4 is 21.7 Å². The van der Waals surface area contributed by atoms with Crippen molar-refractivity contribution in [1.29, 1.82) is 0 Å². The maximum atomic E-state index is 12.0. The summed E-state index contributed by atoms with van der Waals surface area (Å²) in [5, 5.41) is 12.7. The predicted octanol–water partition coefficient (Wildman–Crippen LogP) is 0.964. The predicted molar refractivity (Wildman–Crippen MR) is 113 cm³/mol. The van der Waals surface area contributed by atoms with Gasteiger partial charge in [-0.2, -0.15) is 9.61 Å². The molecular formula is C19H19N7O3S. The number of anilines is 1. The Kier molecular flexibility index (Phi) is 5.19. The number of hydrogen-bond acceptors (Lipinski definition) is 8. The van der Waals surface area contributed by atoms with Gasteiger partial charge in [0.15, 0.2) is 5.65 Å². The van der Waals surface area contributed by atoms with E-state index in [1.807, 2.05) is 6.07 Å². The smallest absolute Gasteiger partial charge is 0.273 e. The fourth-order valence-electron chi connectivity index (χ4n) is 2.89. The summed E-state index contributed by atoms with van der Waals surface area (Å²) < 4.78 is 1.67. The molecule has 0 atom stereocenters. The summed E-state index contributed by atoms with van der Waals surface area (Å²) in [5.41, 5.74) is 7.33. The molecule has 1 aliphatic carbocycles. The molecule has 3 aromatic rings. The SMILES string of the molecule is CN/C(=C\c1cnn2c(NC3CC3)cc(-c3ccc(C(N)=O)s3)nc12)C(=O)NC=O. The van der Waals surface area contributed by atoms with Gasteiger partial charge in [-0.1, -0.05) is 0 Å². The minimum Gasteiger partial charge on any atom is -0.384 e. The zero-order valence-corrected chi connectivity index (χ0v) is 16.8. The number of hydrogen-bond donors (Lipinski definition) is 4. The first kappa shape index (κ1) is 19.6. The highest BCUT2D eigenvalue weighted by atomic mass is 32.1. The summed E-state index contributed by atoms with van der Waals surface area (Å²) in [4.78, 5) is 40.0. The maximum absolute atomic E-state index is 12.0. The zero-order valence-electron chi connectivity index (χ0n) is 16.0. The number of thiophene rings is 1. The summed E-state index contributed by atoms with van der Waals surface area (Å²) in [5.74, 6) is -0.297. The second kappa shape index (κ2) is 7.95. The maximum Gasteiger partial charge on any atom is 0.273 e. The van der Waals surface area contributed by atoms with Crippen molar-refractivity contribution in [3.8, 4) is 10.6 Å². The summed E-state index contributed by atoms with van der Waals surface area (Å²) in [7, 11) is 1.58. The van der Waals surface area contributed by atoms with Crippen molar-refractivity contribution in [2.45, 2.75) is 18.9 Å². The van der Waals surface area contributed by atoms with Crippen LogP contribution in [-0.4, -0.2) is 45.9 Å². The van der Waals surface area contributed by atoms with Crippen LogP contribution in [-0.2, 0) is 9.59 Å². The Morgan fingerprint density at radius 3 is 2.77 bits per heavy atom. The molecule has 1 aliphatic rings. The second-order valence-electron chi connectivity index (χ2n) is 6.71. The molecule has 0 unspecified atom stereocenters. The minimum atomic E-state index is -0.566. The third kappa shape index (κ3) is 3.87. The van der Waals surface area contributed by atoms with Gasteiger partial charge in [-0.15, -0.1) is 11.3 Å². The Morgan fingerprint density at radius 1 is 1.33 bits per heavy atom. The molecule has 0 aliphatic heterocycles. The third-order valence-corrected chi connectivity index (χ3v) is 5.66. The van der Waals surface area contributed by atoms with Crippen molar-refractivity contribution >= 4 is 47.1 Å². The van der Waals surface area contributed by atoms with Gasteiger partial charge in [0.1, 0.15) is 11.5 Å². The lowest BCUT2D eigenvalue weighted by molar-refractivity contribution is -0.122. The number of aromatic nitrogens is 3. The molecule has 0 aromatic carbocycles. The van der Waals surface area contributed by atoms with Crippen LogP contribution in [0, 0.1) is 0 Å². The van der Waals surface area contributed by atoms with Crippen molar-refractivity contribution in [3.05, 3.63) is 40.5 Å². The highest BCUT2D eigenvalue weighted by Gasteiger charge is 2.23. The van der Waals surface area contributed by atoms with Crippen molar-refractivity contribution in [2.75, 3.05) is 12.4 Å². The molecule has 0 bridgehead atoms. The van der Waals surface area contributed by atoms with E-state index in [2.05, 4.69) is 21.0 Å². The van der Waals surface area contributed by atoms with E-state index >= 15 is 0 Å². The summed E-state index contributed by atoms with van der Waals surface area (Å²) >= 11 is 1.26.